The minimum atomic E-state index is -0.960. The number of amides is 4. The average Bonchev–Trinajstić information content (AvgIpc) is 1.29. The predicted molar refractivity (Wildman–Crippen MR) is 339 cm³/mol. The van der Waals surface area contributed by atoms with Gasteiger partial charge in [0.2, 0.25) is 23.6 Å². The lowest BCUT2D eigenvalue weighted by atomic mass is 9.42. The van der Waals surface area contributed by atoms with Crippen LogP contribution in [0.3, 0.4) is 0 Å². The van der Waals surface area contributed by atoms with Gasteiger partial charge in [-0.15, -0.1) is 16.4 Å². The summed E-state index contributed by atoms with van der Waals surface area (Å²) >= 11 is 1.57. The zero-order chi connectivity index (χ0) is 65.7. The van der Waals surface area contributed by atoms with Gasteiger partial charge in [-0.1, -0.05) is 98.7 Å². The smallest absolute Gasteiger partial charge is 0.246 e. The number of fused-ring (bicyclic) bond motifs is 4. The van der Waals surface area contributed by atoms with E-state index < -0.39 is 69.3 Å². The molecular formula is C68H100N8O13S. The van der Waals surface area contributed by atoms with Crippen LogP contribution in [0.5, 0.6) is 0 Å². The number of aromatic nitrogens is 4. The van der Waals surface area contributed by atoms with Crippen LogP contribution in [0, 0.1) is 57.7 Å². The number of ether oxygens (including phenoxy) is 3. The van der Waals surface area contributed by atoms with E-state index in [-0.39, 0.29) is 111 Å². The van der Waals surface area contributed by atoms with Crippen molar-refractivity contribution in [2.24, 2.45) is 50.7 Å². The normalized spacial score (nSPS) is 27.7. The maximum atomic E-state index is 14.4. The molecule has 13 atom stereocenters. The van der Waals surface area contributed by atoms with Gasteiger partial charge in [0.15, 0.2) is 5.78 Å². The first-order chi connectivity index (χ1) is 42.4. The Labute approximate surface area is 535 Å². The maximum Gasteiger partial charge on any atom is 0.246 e. The van der Waals surface area contributed by atoms with Crippen molar-refractivity contribution in [3.8, 4) is 10.4 Å². The number of carbonyl (C=O) groups is 7. The first-order valence-corrected chi connectivity index (χ1v) is 33.5. The lowest BCUT2D eigenvalue weighted by Gasteiger charge is -2.61. The van der Waals surface area contributed by atoms with Crippen molar-refractivity contribution >= 4 is 52.3 Å². The van der Waals surface area contributed by atoms with Gasteiger partial charge in [0.05, 0.1) is 92.3 Å². The number of hydrogen-bond donors (Lipinski definition) is 6. The van der Waals surface area contributed by atoms with Crippen molar-refractivity contribution in [2.75, 3.05) is 52.7 Å². The highest BCUT2D eigenvalue weighted by atomic mass is 32.1. The Bertz CT molecular complexity index is 3100. The lowest BCUT2D eigenvalue weighted by Crippen LogP contribution is -2.60. The standard InChI is InChI=1S/C68H100N8O13S/c1-40(49-34-55(82)68(12)58-51(79)35-53-65(8,9)54(81)21-22-66(53,10)57(58)52(80)36-67(49,68)11)31-47(77)32-41(2)61(84)69-23-25-87-27-29-89-30-28-88-26-24-75-37-46(73-74-75)15-13-14-16-56(83)72-60(64(5,6)7)63(86)76-38-48(78)33-50(76)62(85)71-42(3)44-17-19-45(20-18-44)59-43(4)70-39-90-59/h17-20,37,39-42,48-51,53,55,60,78-79,82H,13-16,21-36,38H2,1-12H3,(H,69,84)(H,71,85)(H,72,83)/t40-,41-,42+,48-,49-,50+,51+,53+,55+,60-,66+,67-,68+/m1/s1. The van der Waals surface area contributed by atoms with E-state index in [1.807, 2.05) is 105 Å². The quantitative estimate of drug-likeness (QED) is 0.0381. The number of nitrogens with zero attached hydrogens (tertiary/aromatic N) is 5. The van der Waals surface area contributed by atoms with Crippen LogP contribution in [0.2, 0.25) is 0 Å². The number of Topliss-reactive ketones (excluding diaryl/α,β-unsaturated/α-hetero) is 3. The minimum absolute atomic E-state index is 0.0103. The van der Waals surface area contributed by atoms with Gasteiger partial charge in [0, 0.05) is 85.5 Å². The topological polar surface area (TPSA) is 291 Å². The van der Waals surface area contributed by atoms with Crippen LogP contribution in [-0.4, -0.2) is 164 Å². The van der Waals surface area contributed by atoms with Crippen molar-refractivity contribution < 1.29 is 63.1 Å². The van der Waals surface area contributed by atoms with Crippen molar-refractivity contribution in [3.63, 3.8) is 0 Å². The fraction of sp³-hybridized carbons (Fsp3) is 0.706. The van der Waals surface area contributed by atoms with E-state index in [0.717, 1.165) is 27.4 Å². The minimum Gasteiger partial charge on any atom is -0.392 e. The number of thiazole rings is 1. The molecule has 2 aromatic heterocycles. The molecule has 6 N–H and O–H groups in total. The molecule has 4 aliphatic carbocycles. The average molecular weight is 1270 g/mol. The zero-order valence-electron chi connectivity index (χ0n) is 55.2. The molecule has 0 radical (unpaired) electrons. The van der Waals surface area contributed by atoms with E-state index in [1.165, 1.54) is 4.90 Å². The summed E-state index contributed by atoms with van der Waals surface area (Å²) in [7, 11) is 0. The van der Waals surface area contributed by atoms with Crippen LogP contribution in [0.1, 0.15) is 170 Å². The maximum absolute atomic E-state index is 14.4. The van der Waals surface area contributed by atoms with E-state index >= 15 is 0 Å². The number of aryl methyl sites for hydroxylation is 2. The molecule has 3 heterocycles. The number of likely N-dealkylation sites (tertiary alicyclic amines) is 1. The fourth-order valence-electron chi connectivity index (χ4n) is 15.7. The number of benzene rings is 1. The molecule has 1 aromatic carbocycles. The van der Waals surface area contributed by atoms with Gasteiger partial charge in [-0.2, -0.15) is 0 Å². The molecule has 8 rings (SSSR count). The highest BCUT2D eigenvalue weighted by Crippen LogP contribution is 2.71. The first-order valence-electron chi connectivity index (χ1n) is 32.6. The van der Waals surface area contributed by atoms with Gasteiger partial charge >= 0.3 is 0 Å². The second-order valence-corrected chi connectivity index (χ2v) is 29.6. The molecule has 1 saturated heterocycles. The van der Waals surface area contributed by atoms with Crippen LogP contribution < -0.4 is 16.0 Å². The zero-order valence-corrected chi connectivity index (χ0v) is 56.0. The number of aliphatic hydroxyl groups excluding tert-OH is 3. The third-order valence-corrected chi connectivity index (χ3v) is 22.1. The summed E-state index contributed by atoms with van der Waals surface area (Å²) in [5, 5.41) is 51.9. The molecule has 3 fully saturated rings. The van der Waals surface area contributed by atoms with Gasteiger partial charge < -0.3 is 50.4 Å². The molecule has 1 aliphatic heterocycles. The molecule has 22 heteroatoms. The van der Waals surface area contributed by atoms with Crippen LogP contribution in [-0.2, 0) is 60.7 Å². The van der Waals surface area contributed by atoms with E-state index in [4.69, 9.17) is 14.2 Å². The fourth-order valence-corrected chi connectivity index (χ4v) is 16.5. The van der Waals surface area contributed by atoms with Gasteiger partial charge in [0.1, 0.15) is 23.7 Å². The number of unbranched alkanes of at least 4 members (excludes halogenated alkanes) is 1. The Morgan fingerprint density at radius 1 is 0.856 bits per heavy atom. The van der Waals surface area contributed by atoms with E-state index in [1.54, 1.807) is 22.9 Å². The molecule has 21 nitrogen and oxygen atoms in total. The number of β-amino-alcohol motifs (C(OH)–C–C–N with tert-alkyl or cyclic N) is 1. The number of aliphatic hydroxyl groups is 3. The molecular weight excluding hydrogens is 1170 g/mol. The Kier molecular flexibility index (Phi) is 22.7. The molecule has 496 valence electrons. The third kappa shape index (κ3) is 15.2. The summed E-state index contributed by atoms with van der Waals surface area (Å²) in [6.07, 6.45) is 3.41. The number of nitrogens with one attached hydrogen (secondary N) is 3. The van der Waals surface area contributed by atoms with Gasteiger partial charge in [-0.05, 0) is 97.7 Å². The molecule has 4 amide bonds. The molecule has 2 saturated carbocycles. The van der Waals surface area contributed by atoms with Gasteiger partial charge in [-0.3, -0.25) is 33.6 Å². The van der Waals surface area contributed by atoms with Crippen molar-refractivity contribution in [2.45, 2.75) is 203 Å². The number of hydrogen-bond acceptors (Lipinski definition) is 17. The number of rotatable bonds is 29. The summed E-state index contributed by atoms with van der Waals surface area (Å²) < 4.78 is 18.7. The molecule has 0 spiro atoms. The van der Waals surface area contributed by atoms with E-state index in [2.05, 4.69) is 38.2 Å². The van der Waals surface area contributed by atoms with Crippen LogP contribution in [0.15, 0.2) is 47.1 Å². The molecule has 90 heavy (non-hydrogen) atoms. The highest BCUT2D eigenvalue weighted by Gasteiger charge is 2.70. The monoisotopic (exact) mass is 1270 g/mol. The summed E-state index contributed by atoms with van der Waals surface area (Å²) in [6.45, 7) is 25.9. The molecule has 3 aromatic rings. The van der Waals surface area contributed by atoms with E-state index in [9.17, 15) is 48.9 Å². The summed E-state index contributed by atoms with van der Waals surface area (Å²) in [5.41, 5.74) is 3.22. The summed E-state index contributed by atoms with van der Waals surface area (Å²) in [6, 6.07) is 5.77. The van der Waals surface area contributed by atoms with Gasteiger partial charge in [-0.25, -0.2) is 9.67 Å². The SMILES string of the molecule is Cc1ncsc1-c1ccc([C@H](C)NC(=O)[C@@H]2C[C@@H](O)CN2C(=O)[C@@H](NC(=O)CCCCc2cn(CCOCCOCCOCCNC(=O)[C@H](C)CC(=O)C[C@@H](C)[C@H]3C[C@H](O)[C@@]4(C)C5=C(C(=O)C[C@]34C)[C@@]3(C)CCC(=O)C(C)(C)[C@@H]3C[C@@H]5O)nn2)C(C)(C)C)cc1. The Morgan fingerprint density at radius 2 is 1.53 bits per heavy atom. The largest absolute Gasteiger partial charge is 0.392 e. The Hall–Kier alpha value is -5.62. The van der Waals surface area contributed by atoms with Crippen molar-refractivity contribution in [1.82, 2.24) is 40.8 Å². The van der Waals surface area contributed by atoms with Crippen LogP contribution in [0.25, 0.3) is 10.4 Å². The number of carbonyl (C=O) groups excluding carboxylic acids is 7. The number of ketones is 3. The molecule has 5 aliphatic rings. The predicted octanol–water partition coefficient (Wildman–Crippen LogP) is 7.02. The Morgan fingerprint density at radius 3 is 2.20 bits per heavy atom. The summed E-state index contributed by atoms with van der Waals surface area (Å²) in [4.78, 5) is 102. The van der Waals surface area contributed by atoms with E-state index in [0.29, 0.717) is 95.7 Å². The second-order valence-electron chi connectivity index (χ2n) is 28.7. The van der Waals surface area contributed by atoms with Crippen molar-refractivity contribution in [3.05, 3.63) is 64.1 Å². The second kappa shape index (κ2) is 29.1. The third-order valence-electron chi connectivity index (χ3n) is 21.1. The van der Waals surface area contributed by atoms with Gasteiger partial charge in [0.25, 0.3) is 0 Å². The molecule has 0 bridgehead atoms. The van der Waals surface area contributed by atoms with Crippen LogP contribution in [0.4, 0.5) is 0 Å². The number of allylic oxidation sites excluding steroid dienone is 1. The summed E-state index contributed by atoms with van der Waals surface area (Å²) in [5.74, 6) is -2.35. The Balaban J connectivity index is 0.655. The van der Waals surface area contributed by atoms with Crippen LogP contribution >= 0.6 is 11.3 Å². The first kappa shape index (κ1) is 70.3. The van der Waals surface area contributed by atoms with Crippen molar-refractivity contribution in [1.29, 1.82) is 0 Å². The highest BCUT2D eigenvalue weighted by molar-refractivity contribution is 7.13. The molecule has 0 unspecified atom stereocenters. The lowest BCUT2D eigenvalue weighted by molar-refractivity contribution is -0.146.